The van der Waals surface area contributed by atoms with E-state index in [1.54, 1.807) is 19.4 Å². The Bertz CT molecular complexity index is 557. The summed E-state index contributed by atoms with van der Waals surface area (Å²) in [6.45, 7) is 4.97. The molecule has 0 spiro atoms. The fraction of sp³-hybridized carbons (Fsp3) is 0.722. The largest absolute Gasteiger partial charge is 0.343 e. The van der Waals surface area contributed by atoms with Crippen LogP contribution in [0.3, 0.4) is 0 Å². The van der Waals surface area contributed by atoms with Gasteiger partial charge in [-0.25, -0.2) is 4.98 Å². The van der Waals surface area contributed by atoms with Crippen LogP contribution in [-0.2, 0) is 16.1 Å². The number of hydrogen-bond acceptors (Lipinski definition) is 3. The van der Waals surface area contributed by atoms with E-state index in [4.69, 9.17) is 0 Å². The lowest BCUT2D eigenvalue weighted by Crippen LogP contribution is -2.53. The highest BCUT2D eigenvalue weighted by Gasteiger charge is 2.37. The average Bonchev–Trinajstić information content (AvgIpc) is 2.99. The number of likely N-dealkylation sites (tertiary alicyclic amines) is 2. The minimum Gasteiger partial charge on any atom is -0.343 e. The van der Waals surface area contributed by atoms with E-state index in [9.17, 15) is 9.59 Å². The minimum absolute atomic E-state index is 0.163. The summed E-state index contributed by atoms with van der Waals surface area (Å²) in [6.07, 6.45) is 11.2. The van der Waals surface area contributed by atoms with Crippen LogP contribution in [-0.4, -0.2) is 56.8 Å². The molecule has 0 aromatic carbocycles. The Hall–Kier alpha value is -1.85. The molecule has 6 heteroatoms. The zero-order valence-electron chi connectivity index (χ0n) is 14.6. The standard InChI is InChI=1S/C18H28N4O2/c1-15(23)21-11-7-17-16(13-21)5-2-3-10-22(17)18(24)6-4-9-20-12-8-19-14-20/h8,12,14,16-17H,2-7,9-11,13H2,1H3/t16-,17+/m0/s1. The van der Waals surface area contributed by atoms with Gasteiger partial charge in [0.25, 0.3) is 0 Å². The molecule has 0 unspecified atom stereocenters. The second kappa shape index (κ2) is 7.81. The number of nitrogens with zero attached hydrogens (tertiary/aromatic N) is 4. The Morgan fingerprint density at radius 3 is 2.83 bits per heavy atom. The van der Waals surface area contributed by atoms with E-state index in [1.807, 2.05) is 15.7 Å². The van der Waals surface area contributed by atoms with Crippen LogP contribution in [0.1, 0.15) is 45.4 Å². The van der Waals surface area contributed by atoms with Crippen LogP contribution in [0.25, 0.3) is 0 Å². The van der Waals surface area contributed by atoms with Crippen molar-refractivity contribution >= 4 is 11.8 Å². The van der Waals surface area contributed by atoms with Crippen LogP contribution < -0.4 is 0 Å². The molecule has 2 atom stereocenters. The molecule has 2 saturated heterocycles. The molecule has 1 aromatic rings. The number of piperidine rings is 1. The van der Waals surface area contributed by atoms with Gasteiger partial charge < -0.3 is 14.4 Å². The number of aryl methyl sites for hydroxylation is 1. The molecular formula is C18H28N4O2. The zero-order chi connectivity index (χ0) is 16.9. The molecule has 3 heterocycles. The van der Waals surface area contributed by atoms with Gasteiger partial charge in [0, 0.05) is 58.0 Å². The summed E-state index contributed by atoms with van der Waals surface area (Å²) >= 11 is 0. The van der Waals surface area contributed by atoms with E-state index in [0.717, 1.165) is 58.3 Å². The van der Waals surface area contributed by atoms with Crippen molar-refractivity contribution in [1.82, 2.24) is 19.4 Å². The maximum atomic E-state index is 12.8. The number of aromatic nitrogens is 2. The van der Waals surface area contributed by atoms with Crippen molar-refractivity contribution < 1.29 is 9.59 Å². The lowest BCUT2D eigenvalue weighted by molar-refractivity contribution is -0.138. The molecular weight excluding hydrogens is 304 g/mol. The third-order valence-electron chi connectivity index (χ3n) is 5.45. The van der Waals surface area contributed by atoms with E-state index in [1.165, 1.54) is 0 Å². The third-order valence-corrected chi connectivity index (χ3v) is 5.45. The lowest BCUT2D eigenvalue weighted by Gasteiger charge is -2.42. The second-order valence-electron chi connectivity index (χ2n) is 7.07. The van der Waals surface area contributed by atoms with Crippen LogP contribution >= 0.6 is 0 Å². The predicted octanol–water partition coefficient (Wildman–Crippen LogP) is 1.91. The van der Waals surface area contributed by atoms with E-state index in [2.05, 4.69) is 9.88 Å². The predicted molar refractivity (Wildman–Crippen MR) is 91.2 cm³/mol. The number of rotatable bonds is 4. The summed E-state index contributed by atoms with van der Waals surface area (Å²) in [5.74, 6) is 0.891. The van der Waals surface area contributed by atoms with Crippen molar-refractivity contribution in [1.29, 1.82) is 0 Å². The SMILES string of the molecule is CC(=O)N1CC[C@@H]2[C@@H](CCCCN2C(=O)CCCn2ccnc2)C1. The van der Waals surface area contributed by atoms with Crippen molar-refractivity contribution in [3.8, 4) is 0 Å². The highest BCUT2D eigenvalue weighted by Crippen LogP contribution is 2.30. The van der Waals surface area contributed by atoms with Gasteiger partial charge in [0.2, 0.25) is 11.8 Å². The summed E-state index contributed by atoms with van der Waals surface area (Å²) in [5, 5.41) is 0. The molecule has 2 aliphatic heterocycles. The first kappa shape index (κ1) is 17.0. The number of carbonyl (C=O) groups is 2. The first-order chi connectivity index (χ1) is 11.6. The normalized spacial score (nSPS) is 24.4. The summed E-state index contributed by atoms with van der Waals surface area (Å²) in [7, 11) is 0. The average molecular weight is 332 g/mol. The smallest absolute Gasteiger partial charge is 0.222 e. The van der Waals surface area contributed by atoms with Crippen LogP contribution in [0, 0.1) is 5.92 Å². The fourth-order valence-electron chi connectivity index (χ4n) is 4.14. The van der Waals surface area contributed by atoms with Gasteiger partial charge >= 0.3 is 0 Å². The van der Waals surface area contributed by atoms with Gasteiger partial charge in [-0.2, -0.15) is 0 Å². The van der Waals surface area contributed by atoms with Crippen molar-refractivity contribution in [3.05, 3.63) is 18.7 Å². The molecule has 2 amide bonds. The minimum atomic E-state index is 0.163. The maximum absolute atomic E-state index is 12.8. The van der Waals surface area contributed by atoms with Crippen molar-refractivity contribution in [2.24, 2.45) is 5.92 Å². The van der Waals surface area contributed by atoms with E-state index >= 15 is 0 Å². The van der Waals surface area contributed by atoms with Crippen LogP contribution in [0.5, 0.6) is 0 Å². The van der Waals surface area contributed by atoms with Gasteiger partial charge in [-0.3, -0.25) is 9.59 Å². The molecule has 2 aliphatic rings. The summed E-state index contributed by atoms with van der Waals surface area (Å²) in [4.78, 5) is 32.6. The van der Waals surface area contributed by atoms with E-state index in [0.29, 0.717) is 18.4 Å². The maximum Gasteiger partial charge on any atom is 0.222 e. The topological polar surface area (TPSA) is 58.4 Å². The van der Waals surface area contributed by atoms with Crippen LogP contribution in [0.2, 0.25) is 0 Å². The van der Waals surface area contributed by atoms with Gasteiger partial charge in [-0.15, -0.1) is 0 Å². The molecule has 0 aliphatic carbocycles. The van der Waals surface area contributed by atoms with Crippen LogP contribution in [0.4, 0.5) is 0 Å². The van der Waals surface area contributed by atoms with Crippen molar-refractivity contribution in [3.63, 3.8) is 0 Å². The Kier molecular flexibility index (Phi) is 5.53. The number of fused-ring (bicyclic) bond motifs is 1. The Labute approximate surface area is 143 Å². The number of hydrogen-bond donors (Lipinski definition) is 0. The van der Waals surface area contributed by atoms with Crippen molar-refractivity contribution in [2.75, 3.05) is 19.6 Å². The molecule has 24 heavy (non-hydrogen) atoms. The Morgan fingerprint density at radius 1 is 1.21 bits per heavy atom. The Balaban J connectivity index is 1.57. The first-order valence-electron chi connectivity index (χ1n) is 9.16. The molecule has 132 valence electrons. The molecule has 0 saturated carbocycles. The van der Waals surface area contributed by atoms with Crippen LogP contribution in [0.15, 0.2) is 18.7 Å². The van der Waals surface area contributed by atoms with Gasteiger partial charge in [0.15, 0.2) is 0 Å². The van der Waals surface area contributed by atoms with Crippen molar-refractivity contribution in [2.45, 2.75) is 58.0 Å². The molecule has 2 fully saturated rings. The molecule has 0 radical (unpaired) electrons. The highest BCUT2D eigenvalue weighted by molar-refractivity contribution is 5.77. The van der Waals surface area contributed by atoms with Gasteiger partial charge in [-0.05, 0) is 31.6 Å². The zero-order valence-corrected chi connectivity index (χ0v) is 14.6. The number of carbonyl (C=O) groups excluding carboxylic acids is 2. The summed E-state index contributed by atoms with van der Waals surface area (Å²) in [5.41, 5.74) is 0. The first-order valence-corrected chi connectivity index (χ1v) is 9.16. The third kappa shape index (κ3) is 3.97. The van der Waals surface area contributed by atoms with Gasteiger partial charge in [-0.1, -0.05) is 6.42 Å². The van der Waals surface area contributed by atoms with Gasteiger partial charge in [0.1, 0.15) is 0 Å². The monoisotopic (exact) mass is 332 g/mol. The number of imidazole rings is 1. The van der Waals surface area contributed by atoms with E-state index in [-0.39, 0.29) is 11.8 Å². The molecule has 1 aromatic heterocycles. The number of amides is 2. The highest BCUT2D eigenvalue weighted by atomic mass is 16.2. The second-order valence-corrected chi connectivity index (χ2v) is 7.07. The lowest BCUT2D eigenvalue weighted by atomic mass is 9.88. The summed E-state index contributed by atoms with van der Waals surface area (Å²) < 4.78 is 2.02. The molecule has 6 nitrogen and oxygen atoms in total. The quantitative estimate of drug-likeness (QED) is 0.846. The molecule has 3 rings (SSSR count). The molecule has 0 bridgehead atoms. The fourth-order valence-corrected chi connectivity index (χ4v) is 4.14. The Morgan fingerprint density at radius 2 is 2.08 bits per heavy atom. The summed E-state index contributed by atoms with van der Waals surface area (Å²) in [6, 6.07) is 0.323. The van der Waals surface area contributed by atoms with Gasteiger partial charge in [0.05, 0.1) is 6.33 Å². The van der Waals surface area contributed by atoms with E-state index < -0.39 is 0 Å². The molecule has 0 N–H and O–H groups in total.